The summed E-state index contributed by atoms with van der Waals surface area (Å²) in [6.45, 7) is 2.21. The van der Waals surface area contributed by atoms with Crippen LogP contribution in [-0.2, 0) is 20.9 Å². The van der Waals surface area contributed by atoms with Crippen LogP contribution in [0, 0.1) is 18.6 Å². The highest BCUT2D eigenvalue weighted by Crippen LogP contribution is 2.39. The Morgan fingerprint density at radius 1 is 1.19 bits per heavy atom. The Morgan fingerprint density at radius 2 is 1.94 bits per heavy atom. The first-order chi connectivity index (χ1) is 14.9. The van der Waals surface area contributed by atoms with E-state index in [0.29, 0.717) is 11.5 Å². The van der Waals surface area contributed by atoms with Crippen molar-refractivity contribution in [1.82, 2.24) is 9.78 Å². The molecule has 4 rings (SSSR count). The third-order valence-electron chi connectivity index (χ3n) is 5.03. The number of rotatable bonds is 6. The van der Waals surface area contributed by atoms with E-state index in [-0.39, 0.29) is 24.6 Å². The number of benzene rings is 2. The molecule has 0 spiro atoms. The summed E-state index contributed by atoms with van der Waals surface area (Å²) in [6, 6.07) is 9.95. The molecule has 160 valence electrons. The van der Waals surface area contributed by atoms with Gasteiger partial charge in [0.05, 0.1) is 18.7 Å². The molecule has 1 atom stereocenters. The SMILES string of the molecule is COCc1nn2c(c1-c1ccc(C)cc1)NC(=O)C2CC(=O)Nc1ccc(F)c(F)c1. The van der Waals surface area contributed by atoms with Gasteiger partial charge in [-0.05, 0) is 24.6 Å². The van der Waals surface area contributed by atoms with Gasteiger partial charge in [0.1, 0.15) is 11.9 Å². The maximum Gasteiger partial charge on any atom is 0.251 e. The molecule has 3 aromatic rings. The second kappa shape index (κ2) is 8.27. The summed E-state index contributed by atoms with van der Waals surface area (Å²) in [5, 5.41) is 9.81. The van der Waals surface area contributed by atoms with Crippen molar-refractivity contribution in [3.8, 4) is 11.1 Å². The quantitative estimate of drug-likeness (QED) is 0.628. The van der Waals surface area contributed by atoms with E-state index in [1.165, 1.54) is 10.7 Å². The number of nitrogens with zero attached hydrogens (tertiary/aromatic N) is 2. The summed E-state index contributed by atoms with van der Waals surface area (Å²) in [4.78, 5) is 25.1. The Labute approximate surface area is 177 Å². The highest BCUT2D eigenvalue weighted by atomic mass is 19.2. The lowest BCUT2D eigenvalue weighted by molar-refractivity contribution is -0.123. The summed E-state index contributed by atoms with van der Waals surface area (Å²) in [7, 11) is 1.55. The Hall–Kier alpha value is -3.59. The second-order valence-electron chi connectivity index (χ2n) is 7.30. The number of methoxy groups -OCH3 is 1. The minimum atomic E-state index is -1.07. The highest BCUT2D eigenvalue weighted by Gasteiger charge is 2.37. The van der Waals surface area contributed by atoms with E-state index in [0.717, 1.165) is 28.8 Å². The van der Waals surface area contributed by atoms with Gasteiger partial charge in [-0.15, -0.1) is 0 Å². The molecule has 2 aromatic carbocycles. The first-order valence-corrected chi connectivity index (χ1v) is 9.60. The summed E-state index contributed by atoms with van der Waals surface area (Å²) < 4.78 is 33.2. The topological polar surface area (TPSA) is 85.2 Å². The van der Waals surface area contributed by atoms with E-state index in [1.54, 1.807) is 7.11 Å². The van der Waals surface area contributed by atoms with Crippen molar-refractivity contribution in [1.29, 1.82) is 0 Å². The predicted molar refractivity (Wildman–Crippen MR) is 110 cm³/mol. The number of aryl methyl sites for hydroxylation is 1. The number of fused-ring (bicyclic) bond motifs is 1. The van der Waals surface area contributed by atoms with Gasteiger partial charge in [-0.1, -0.05) is 29.8 Å². The number of aromatic nitrogens is 2. The lowest BCUT2D eigenvalue weighted by Gasteiger charge is -2.10. The molecular formula is C22H20F2N4O3. The summed E-state index contributed by atoms with van der Waals surface area (Å²) in [6.07, 6.45) is -0.223. The van der Waals surface area contributed by atoms with Crippen LogP contribution in [0.2, 0.25) is 0 Å². The fourth-order valence-corrected chi connectivity index (χ4v) is 3.54. The van der Waals surface area contributed by atoms with E-state index in [9.17, 15) is 18.4 Å². The zero-order chi connectivity index (χ0) is 22.1. The number of carbonyl (C=O) groups excluding carboxylic acids is 2. The largest absolute Gasteiger partial charge is 0.378 e. The van der Waals surface area contributed by atoms with Crippen LogP contribution in [0.3, 0.4) is 0 Å². The van der Waals surface area contributed by atoms with Crippen molar-refractivity contribution in [3.63, 3.8) is 0 Å². The molecule has 0 fully saturated rings. The Bertz CT molecular complexity index is 1160. The number of carbonyl (C=O) groups is 2. The first-order valence-electron chi connectivity index (χ1n) is 9.60. The summed E-state index contributed by atoms with van der Waals surface area (Å²) >= 11 is 0. The lowest BCUT2D eigenvalue weighted by atomic mass is 10.0. The molecule has 9 heteroatoms. The molecule has 0 aliphatic carbocycles. The zero-order valence-electron chi connectivity index (χ0n) is 16.9. The number of hydrogen-bond acceptors (Lipinski definition) is 4. The Morgan fingerprint density at radius 3 is 2.61 bits per heavy atom. The van der Waals surface area contributed by atoms with Gasteiger partial charge in [-0.2, -0.15) is 5.10 Å². The van der Waals surface area contributed by atoms with Gasteiger partial charge in [0, 0.05) is 24.4 Å². The van der Waals surface area contributed by atoms with Crippen molar-refractivity contribution >= 4 is 23.3 Å². The minimum Gasteiger partial charge on any atom is -0.378 e. The molecule has 1 aliphatic heterocycles. The molecule has 2 heterocycles. The molecular weight excluding hydrogens is 406 g/mol. The average molecular weight is 426 g/mol. The molecule has 2 amide bonds. The smallest absolute Gasteiger partial charge is 0.251 e. The molecule has 0 saturated carbocycles. The average Bonchev–Trinajstić information content (AvgIpc) is 3.21. The number of nitrogens with one attached hydrogen (secondary N) is 2. The van der Waals surface area contributed by atoms with Crippen molar-refractivity contribution in [2.24, 2.45) is 0 Å². The number of halogens is 2. The lowest BCUT2D eigenvalue weighted by Crippen LogP contribution is -2.24. The van der Waals surface area contributed by atoms with E-state index in [4.69, 9.17) is 4.74 Å². The van der Waals surface area contributed by atoms with Gasteiger partial charge in [0.25, 0.3) is 5.91 Å². The molecule has 1 aromatic heterocycles. The monoisotopic (exact) mass is 426 g/mol. The van der Waals surface area contributed by atoms with Crippen LogP contribution in [0.4, 0.5) is 20.3 Å². The van der Waals surface area contributed by atoms with Gasteiger partial charge in [0.2, 0.25) is 5.91 Å². The van der Waals surface area contributed by atoms with E-state index in [2.05, 4.69) is 15.7 Å². The molecule has 31 heavy (non-hydrogen) atoms. The fraction of sp³-hybridized carbons (Fsp3) is 0.227. The van der Waals surface area contributed by atoms with Gasteiger partial charge in [-0.25, -0.2) is 13.5 Å². The summed E-state index contributed by atoms with van der Waals surface area (Å²) in [5.74, 6) is -2.49. The minimum absolute atomic E-state index is 0.100. The van der Waals surface area contributed by atoms with Crippen LogP contribution >= 0.6 is 0 Å². The predicted octanol–water partition coefficient (Wildman–Crippen LogP) is 3.81. The Balaban J connectivity index is 1.61. The van der Waals surface area contributed by atoms with E-state index in [1.807, 2.05) is 31.2 Å². The van der Waals surface area contributed by atoms with Gasteiger partial charge < -0.3 is 15.4 Å². The van der Waals surface area contributed by atoms with Gasteiger partial charge >= 0.3 is 0 Å². The van der Waals surface area contributed by atoms with Gasteiger partial charge in [0.15, 0.2) is 11.6 Å². The second-order valence-corrected chi connectivity index (χ2v) is 7.30. The molecule has 0 bridgehead atoms. The fourth-order valence-electron chi connectivity index (χ4n) is 3.54. The molecule has 1 unspecified atom stereocenters. The molecule has 2 N–H and O–H groups in total. The normalized spacial score (nSPS) is 15.0. The van der Waals surface area contributed by atoms with Crippen LogP contribution < -0.4 is 10.6 Å². The van der Waals surface area contributed by atoms with E-state index < -0.39 is 23.6 Å². The third-order valence-corrected chi connectivity index (χ3v) is 5.03. The number of ether oxygens (including phenoxy) is 1. The summed E-state index contributed by atoms with van der Waals surface area (Å²) in [5.41, 5.74) is 3.43. The molecule has 1 aliphatic rings. The van der Waals surface area contributed by atoms with Gasteiger partial charge in [-0.3, -0.25) is 9.59 Å². The third kappa shape index (κ3) is 4.04. The van der Waals surface area contributed by atoms with E-state index >= 15 is 0 Å². The number of anilines is 2. The highest BCUT2D eigenvalue weighted by molar-refractivity contribution is 6.04. The van der Waals surface area contributed by atoms with Crippen LogP contribution in [0.15, 0.2) is 42.5 Å². The van der Waals surface area contributed by atoms with Crippen molar-refractivity contribution < 1.29 is 23.1 Å². The molecule has 0 radical (unpaired) electrons. The first kappa shape index (κ1) is 20.7. The zero-order valence-corrected chi connectivity index (χ0v) is 16.9. The van der Waals surface area contributed by atoms with Crippen LogP contribution in [0.5, 0.6) is 0 Å². The van der Waals surface area contributed by atoms with Crippen molar-refractivity contribution in [2.75, 3.05) is 17.7 Å². The van der Waals surface area contributed by atoms with Crippen LogP contribution in [0.1, 0.15) is 23.7 Å². The number of hydrogen-bond donors (Lipinski definition) is 2. The maximum atomic E-state index is 13.4. The van der Waals surface area contributed by atoms with Crippen molar-refractivity contribution in [3.05, 3.63) is 65.4 Å². The maximum absolute atomic E-state index is 13.4. The van der Waals surface area contributed by atoms with Crippen LogP contribution in [-0.4, -0.2) is 28.7 Å². The van der Waals surface area contributed by atoms with Crippen LogP contribution in [0.25, 0.3) is 11.1 Å². The standard InChI is InChI=1S/C22H20F2N4O3/c1-12-3-5-13(6-4-12)20-17(11-31-2)27-28-18(22(30)26-21(20)28)10-19(29)25-14-7-8-15(23)16(24)9-14/h3-9,18H,10-11H2,1-2H3,(H,25,29)(H,26,30). The molecule has 7 nitrogen and oxygen atoms in total. The molecule has 0 saturated heterocycles. The Kier molecular flexibility index (Phi) is 5.51. The van der Waals surface area contributed by atoms with Crippen molar-refractivity contribution in [2.45, 2.75) is 26.0 Å². The number of amides is 2.